The van der Waals surface area contributed by atoms with Crippen LogP contribution in [0, 0.1) is 0 Å². The molecule has 1 aliphatic heterocycles. The smallest absolute Gasteiger partial charge is 0.236 e. The van der Waals surface area contributed by atoms with Gasteiger partial charge in [0.05, 0.1) is 6.54 Å². The largest absolute Gasteiger partial charge is 0.342 e. The maximum Gasteiger partial charge on any atom is 0.236 e. The van der Waals surface area contributed by atoms with E-state index in [1.807, 2.05) is 23.6 Å². The lowest BCUT2D eigenvalue weighted by atomic mass is 9.96. The van der Waals surface area contributed by atoms with Crippen molar-refractivity contribution in [1.29, 1.82) is 0 Å². The minimum atomic E-state index is 0.234. The number of amides is 1. The van der Waals surface area contributed by atoms with Crippen LogP contribution in [0.15, 0.2) is 6.33 Å². The van der Waals surface area contributed by atoms with Crippen LogP contribution in [0.5, 0.6) is 0 Å². The molecular weight excluding hydrogens is 254 g/mol. The Hall–Kier alpha value is -1.43. The Morgan fingerprint density at radius 2 is 2.10 bits per heavy atom. The van der Waals surface area contributed by atoms with Crippen molar-refractivity contribution in [3.8, 4) is 0 Å². The third-order valence-corrected chi connectivity index (χ3v) is 4.23. The number of aryl methyl sites for hydroxylation is 1. The number of piperidine rings is 1. The van der Waals surface area contributed by atoms with Crippen LogP contribution in [0.3, 0.4) is 0 Å². The Morgan fingerprint density at radius 1 is 1.45 bits per heavy atom. The summed E-state index contributed by atoms with van der Waals surface area (Å²) in [4.78, 5) is 16.3. The molecule has 1 aromatic heterocycles. The van der Waals surface area contributed by atoms with Crippen LogP contribution in [0.4, 0.5) is 0 Å². The Labute approximate surface area is 120 Å². The van der Waals surface area contributed by atoms with E-state index in [0.717, 1.165) is 31.8 Å². The van der Waals surface area contributed by atoms with E-state index in [4.69, 9.17) is 0 Å². The molecule has 1 aliphatic rings. The molecule has 0 aliphatic carbocycles. The molecule has 112 valence electrons. The second-order valence-electron chi connectivity index (χ2n) is 5.96. The minimum absolute atomic E-state index is 0.234. The molecule has 6 nitrogen and oxygen atoms in total. The van der Waals surface area contributed by atoms with E-state index < -0.39 is 0 Å². The Bertz CT molecular complexity index is 448. The molecule has 1 fully saturated rings. The molecule has 2 heterocycles. The van der Waals surface area contributed by atoms with Crippen LogP contribution in [0.25, 0.3) is 0 Å². The lowest BCUT2D eigenvalue weighted by Crippen LogP contribution is -2.44. The highest BCUT2D eigenvalue weighted by Gasteiger charge is 2.26. The van der Waals surface area contributed by atoms with Crippen molar-refractivity contribution in [3.05, 3.63) is 12.2 Å². The van der Waals surface area contributed by atoms with Gasteiger partial charge in [-0.3, -0.25) is 9.69 Å². The van der Waals surface area contributed by atoms with E-state index in [2.05, 4.69) is 28.9 Å². The van der Waals surface area contributed by atoms with Gasteiger partial charge in [0.1, 0.15) is 12.2 Å². The van der Waals surface area contributed by atoms with Crippen LogP contribution in [0.2, 0.25) is 0 Å². The maximum atomic E-state index is 12.2. The van der Waals surface area contributed by atoms with Crippen molar-refractivity contribution in [1.82, 2.24) is 24.6 Å². The van der Waals surface area contributed by atoms with E-state index in [1.54, 1.807) is 6.33 Å². The first-order valence-electron chi connectivity index (χ1n) is 7.31. The molecule has 0 N–H and O–H groups in total. The van der Waals surface area contributed by atoms with Crippen molar-refractivity contribution in [2.45, 2.75) is 38.6 Å². The van der Waals surface area contributed by atoms with Crippen LogP contribution < -0.4 is 0 Å². The summed E-state index contributed by atoms with van der Waals surface area (Å²) in [6, 6.07) is 0.398. The van der Waals surface area contributed by atoms with Crippen molar-refractivity contribution in [2.75, 3.05) is 26.7 Å². The molecule has 0 aromatic carbocycles. The number of carbonyl (C=O) groups excluding carboxylic acids is 1. The monoisotopic (exact) mass is 279 g/mol. The van der Waals surface area contributed by atoms with Gasteiger partial charge in [-0.1, -0.05) is 0 Å². The fourth-order valence-corrected chi connectivity index (χ4v) is 2.54. The van der Waals surface area contributed by atoms with E-state index in [1.165, 1.54) is 0 Å². The first-order valence-corrected chi connectivity index (χ1v) is 7.31. The van der Waals surface area contributed by atoms with Crippen LogP contribution >= 0.6 is 0 Å². The van der Waals surface area contributed by atoms with Crippen molar-refractivity contribution >= 4 is 5.91 Å². The first kappa shape index (κ1) is 15.0. The maximum absolute atomic E-state index is 12.2. The molecule has 0 atom stereocenters. The summed E-state index contributed by atoms with van der Waals surface area (Å²) in [5, 5.41) is 8.12. The highest BCUT2D eigenvalue weighted by atomic mass is 16.2. The van der Waals surface area contributed by atoms with Gasteiger partial charge in [-0.15, -0.1) is 10.2 Å². The van der Waals surface area contributed by atoms with Gasteiger partial charge in [0.2, 0.25) is 5.91 Å². The van der Waals surface area contributed by atoms with Crippen molar-refractivity contribution in [3.63, 3.8) is 0 Å². The van der Waals surface area contributed by atoms with Gasteiger partial charge in [0, 0.05) is 32.1 Å². The normalized spacial score (nSPS) is 17.2. The molecule has 0 spiro atoms. The summed E-state index contributed by atoms with van der Waals surface area (Å²) in [5.74, 6) is 1.70. The molecule has 1 saturated heterocycles. The number of rotatable bonds is 4. The fourth-order valence-electron chi connectivity index (χ4n) is 2.54. The zero-order valence-corrected chi connectivity index (χ0v) is 12.9. The van der Waals surface area contributed by atoms with Gasteiger partial charge >= 0.3 is 0 Å². The molecule has 1 amide bonds. The van der Waals surface area contributed by atoms with Gasteiger partial charge in [-0.25, -0.2) is 0 Å². The van der Waals surface area contributed by atoms with Crippen molar-refractivity contribution < 1.29 is 4.79 Å². The fraction of sp³-hybridized carbons (Fsp3) is 0.786. The standard InChI is InChI=1S/C14H25N5O/c1-11(2)17(3)9-13(20)19-7-5-12(6-8-19)14-16-15-10-18(14)4/h10-12H,5-9H2,1-4H3. The van der Waals surface area contributed by atoms with Crippen LogP contribution in [-0.2, 0) is 11.8 Å². The van der Waals surface area contributed by atoms with E-state index in [0.29, 0.717) is 18.5 Å². The summed E-state index contributed by atoms with van der Waals surface area (Å²) in [6.45, 7) is 6.36. The third kappa shape index (κ3) is 3.36. The lowest BCUT2D eigenvalue weighted by molar-refractivity contribution is -0.133. The van der Waals surface area contributed by atoms with Crippen molar-refractivity contribution in [2.24, 2.45) is 7.05 Å². The second-order valence-corrected chi connectivity index (χ2v) is 5.96. The highest BCUT2D eigenvalue weighted by molar-refractivity contribution is 5.78. The summed E-state index contributed by atoms with van der Waals surface area (Å²) in [6.07, 6.45) is 3.69. The molecule has 0 bridgehead atoms. The molecule has 1 aromatic rings. The summed E-state index contributed by atoms with van der Waals surface area (Å²) in [7, 11) is 3.97. The summed E-state index contributed by atoms with van der Waals surface area (Å²) in [5.41, 5.74) is 0. The molecule has 0 radical (unpaired) electrons. The van der Waals surface area contributed by atoms with Gasteiger partial charge in [-0.05, 0) is 33.7 Å². The summed E-state index contributed by atoms with van der Waals surface area (Å²) < 4.78 is 1.98. The molecule has 6 heteroatoms. The molecular formula is C14H25N5O. The number of likely N-dealkylation sites (tertiary alicyclic amines) is 1. The number of likely N-dealkylation sites (N-methyl/N-ethyl adjacent to an activating group) is 1. The third-order valence-electron chi connectivity index (χ3n) is 4.23. The van der Waals surface area contributed by atoms with E-state index >= 15 is 0 Å². The summed E-state index contributed by atoms with van der Waals surface area (Å²) >= 11 is 0. The Kier molecular flexibility index (Phi) is 4.75. The average molecular weight is 279 g/mol. The minimum Gasteiger partial charge on any atom is -0.342 e. The SMILES string of the molecule is CC(C)N(C)CC(=O)N1CCC(c2nncn2C)CC1. The number of hydrogen-bond donors (Lipinski definition) is 0. The molecule has 2 rings (SSSR count). The number of nitrogens with zero attached hydrogens (tertiary/aromatic N) is 5. The zero-order valence-electron chi connectivity index (χ0n) is 12.9. The quantitative estimate of drug-likeness (QED) is 0.820. The first-order chi connectivity index (χ1) is 9.49. The van der Waals surface area contributed by atoms with Crippen LogP contribution in [0.1, 0.15) is 38.4 Å². The number of aromatic nitrogens is 3. The Morgan fingerprint density at radius 3 is 2.60 bits per heavy atom. The van der Waals surface area contributed by atoms with Gasteiger partial charge in [0.15, 0.2) is 0 Å². The lowest BCUT2D eigenvalue weighted by Gasteiger charge is -2.33. The van der Waals surface area contributed by atoms with Gasteiger partial charge in [0.25, 0.3) is 0 Å². The van der Waals surface area contributed by atoms with E-state index in [9.17, 15) is 4.79 Å². The predicted molar refractivity (Wildman–Crippen MR) is 77.3 cm³/mol. The zero-order chi connectivity index (χ0) is 14.7. The van der Waals surface area contributed by atoms with E-state index in [-0.39, 0.29) is 5.91 Å². The topological polar surface area (TPSA) is 54.3 Å². The second kappa shape index (κ2) is 6.35. The predicted octanol–water partition coefficient (Wildman–Crippen LogP) is 0.861. The molecule has 0 saturated carbocycles. The average Bonchev–Trinajstić information content (AvgIpc) is 2.85. The number of carbonyl (C=O) groups is 1. The van der Waals surface area contributed by atoms with Crippen LogP contribution in [-0.4, -0.2) is 63.2 Å². The Balaban J connectivity index is 1.85. The van der Waals surface area contributed by atoms with Gasteiger partial charge < -0.3 is 9.47 Å². The molecule has 20 heavy (non-hydrogen) atoms. The number of hydrogen-bond acceptors (Lipinski definition) is 4. The highest BCUT2D eigenvalue weighted by Crippen LogP contribution is 2.26. The molecule has 0 unspecified atom stereocenters. The van der Waals surface area contributed by atoms with Gasteiger partial charge in [-0.2, -0.15) is 0 Å².